The summed E-state index contributed by atoms with van der Waals surface area (Å²) in [5.41, 5.74) is 2.66. The van der Waals surface area contributed by atoms with Gasteiger partial charge in [-0.1, -0.05) is 30.3 Å². The Labute approximate surface area is 153 Å². The second-order valence-electron chi connectivity index (χ2n) is 5.94. The van der Waals surface area contributed by atoms with Crippen molar-refractivity contribution in [2.75, 3.05) is 18.9 Å². The maximum absolute atomic E-state index is 12.6. The second kappa shape index (κ2) is 8.71. The first-order chi connectivity index (χ1) is 12.7. The van der Waals surface area contributed by atoms with Crippen molar-refractivity contribution in [2.45, 2.75) is 13.0 Å². The van der Waals surface area contributed by atoms with Crippen LogP contribution >= 0.6 is 0 Å². The van der Waals surface area contributed by atoms with Gasteiger partial charge in [0.1, 0.15) is 5.69 Å². The van der Waals surface area contributed by atoms with E-state index in [0.717, 1.165) is 17.5 Å². The number of amides is 1. The molecule has 6 nitrogen and oxygen atoms in total. The van der Waals surface area contributed by atoms with Crippen molar-refractivity contribution in [1.29, 1.82) is 0 Å². The minimum Gasteiger partial charge on any atom is -0.350 e. The fourth-order valence-electron chi connectivity index (χ4n) is 2.48. The van der Waals surface area contributed by atoms with E-state index < -0.39 is 0 Å². The Hall–Kier alpha value is -3.28. The summed E-state index contributed by atoms with van der Waals surface area (Å²) in [7, 11) is 1.78. The quantitative estimate of drug-likeness (QED) is 0.712. The van der Waals surface area contributed by atoms with E-state index in [4.69, 9.17) is 0 Å². The van der Waals surface area contributed by atoms with Crippen molar-refractivity contribution >= 4 is 11.9 Å². The van der Waals surface area contributed by atoms with Gasteiger partial charge in [0.05, 0.1) is 0 Å². The number of pyridine rings is 1. The highest BCUT2D eigenvalue weighted by Gasteiger charge is 2.14. The van der Waals surface area contributed by atoms with Crippen molar-refractivity contribution in [3.05, 3.63) is 83.9 Å². The molecule has 26 heavy (non-hydrogen) atoms. The molecular formula is C20H21N5O. The van der Waals surface area contributed by atoms with E-state index in [1.165, 1.54) is 0 Å². The summed E-state index contributed by atoms with van der Waals surface area (Å²) >= 11 is 0. The van der Waals surface area contributed by atoms with E-state index >= 15 is 0 Å². The fraction of sp³-hybridized carbons (Fsp3) is 0.200. The van der Waals surface area contributed by atoms with Crippen LogP contribution in [0.2, 0.25) is 0 Å². The molecule has 1 N–H and O–H groups in total. The van der Waals surface area contributed by atoms with Gasteiger partial charge in [0.15, 0.2) is 0 Å². The van der Waals surface area contributed by atoms with Crippen molar-refractivity contribution < 1.29 is 4.79 Å². The van der Waals surface area contributed by atoms with Gasteiger partial charge in [-0.3, -0.25) is 9.78 Å². The third kappa shape index (κ3) is 4.86. The van der Waals surface area contributed by atoms with Gasteiger partial charge in [-0.05, 0) is 35.7 Å². The number of aromatic nitrogens is 3. The molecule has 0 radical (unpaired) electrons. The first-order valence-electron chi connectivity index (χ1n) is 8.47. The van der Waals surface area contributed by atoms with Gasteiger partial charge in [-0.25, -0.2) is 9.97 Å². The molecule has 3 rings (SSSR count). The van der Waals surface area contributed by atoms with Crippen molar-refractivity contribution in [3.8, 4) is 0 Å². The van der Waals surface area contributed by atoms with Crippen molar-refractivity contribution in [1.82, 2.24) is 19.9 Å². The smallest absolute Gasteiger partial charge is 0.272 e. The Kier molecular flexibility index (Phi) is 5.88. The summed E-state index contributed by atoms with van der Waals surface area (Å²) < 4.78 is 0. The van der Waals surface area contributed by atoms with Crippen LogP contribution < -0.4 is 5.32 Å². The molecular weight excluding hydrogens is 326 g/mol. The van der Waals surface area contributed by atoms with Gasteiger partial charge < -0.3 is 10.2 Å². The molecule has 0 aliphatic rings. The Morgan fingerprint density at radius 2 is 1.77 bits per heavy atom. The molecule has 3 aromatic rings. The number of benzene rings is 1. The van der Waals surface area contributed by atoms with E-state index in [9.17, 15) is 4.79 Å². The first kappa shape index (κ1) is 17.5. The molecule has 2 heterocycles. The van der Waals surface area contributed by atoms with Gasteiger partial charge in [0, 0.05) is 38.7 Å². The lowest BCUT2D eigenvalue weighted by Crippen LogP contribution is -2.29. The van der Waals surface area contributed by atoms with Crippen LogP contribution in [0.4, 0.5) is 5.95 Å². The van der Waals surface area contributed by atoms with Gasteiger partial charge in [-0.2, -0.15) is 0 Å². The Balaban J connectivity index is 1.58. The fourth-order valence-corrected chi connectivity index (χ4v) is 2.48. The van der Waals surface area contributed by atoms with E-state index in [2.05, 4.69) is 20.3 Å². The molecule has 6 heteroatoms. The molecule has 132 valence electrons. The van der Waals surface area contributed by atoms with Crippen LogP contribution in [0.15, 0.2) is 67.1 Å². The third-order valence-electron chi connectivity index (χ3n) is 4.00. The summed E-state index contributed by atoms with van der Waals surface area (Å²) in [6.45, 7) is 1.22. The molecule has 0 saturated heterocycles. The molecule has 1 amide bonds. The third-order valence-corrected chi connectivity index (χ3v) is 4.00. The van der Waals surface area contributed by atoms with Crippen LogP contribution in [0.5, 0.6) is 0 Å². The average molecular weight is 347 g/mol. The maximum atomic E-state index is 12.6. The van der Waals surface area contributed by atoms with Crippen molar-refractivity contribution in [3.63, 3.8) is 0 Å². The van der Waals surface area contributed by atoms with E-state index in [0.29, 0.717) is 24.7 Å². The number of hydrogen-bond donors (Lipinski definition) is 1. The number of nitrogens with zero attached hydrogens (tertiary/aromatic N) is 4. The van der Waals surface area contributed by atoms with E-state index in [1.807, 2.05) is 42.5 Å². The SMILES string of the molecule is CN(CCc1ccncc1)C(=O)c1ccnc(NCc2ccccc2)n1. The molecule has 2 aromatic heterocycles. The largest absolute Gasteiger partial charge is 0.350 e. The number of hydrogen-bond acceptors (Lipinski definition) is 5. The van der Waals surface area contributed by atoms with Gasteiger partial charge in [0.2, 0.25) is 5.95 Å². The first-order valence-corrected chi connectivity index (χ1v) is 8.47. The molecule has 0 bridgehead atoms. The van der Waals surface area contributed by atoms with Crippen LogP contribution in [-0.4, -0.2) is 39.4 Å². The topological polar surface area (TPSA) is 71.0 Å². The highest BCUT2D eigenvalue weighted by atomic mass is 16.2. The minimum absolute atomic E-state index is 0.121. The number of anilines is 1. The molecule has 0 spiro atoms. The number of nitrogens with one attached hydrogen (secondary N) is 1. The molecule has 1 aromatic carbocycles. The van der Waals surface area contributed by atoms with Crippen LogP contribution in [0, 0.1) is 0 Å². The zero-order valence-corrected chi connectivity index (χ0v) is 14.7. The van der Waals surface area contributed by atoms with Gasteiger partial charge in [-0.15, -0.1) is 0 Å². The molecule has 0 unspecified atom stereocenters. The van der Waals surface area contributed by atoms with E-state index in [-0.39, 0.29) is 5.91 Å². The lowest BCUT2D eigenvalue weighted by molar-refractivity contribution is 0.0791. The lowest BCUT2D eigenvalue weighted by Gasteiger charge is -2.17. The molecule has 0 fully saturated rings. The molecule has 0 aliphatic carbocycles. The Morgan fingerprint density at radius 1 is 1.00 bits per heavy atom. The van der Waals surface area contributed by atoms with Crippen LogP contribution in [-0.2, 0) is 13.0 Å². The predicted octanol–water partition coefficient (Wildman–Crippen LogP) is 2.80. The monoisotopic (exact) mass is 347 g/mol. The maximum Gasteiger partial charge on any atom is 0.272 e. The number of carbonyl (C=O) groups excluding carboxylic acids is 1. The van der Waals surface area contributed by atoms with Gasteiger partial charge in [0.25, 0.3) is 5.91 Å². The number of likely N-dealkylation sites (N-methyl/N-ethyl adjacent to an activating group) is 1. The highest BCUT2D eigenvalue weighted by Crippen LogP contribution is 2.07. The summed E-state index contributed by atoms with van der Waals surface area (Å²) in [4.78, 5) is 26.8. The standard InChI is InChI=1S/C20H21N5O/c1-25(14-10-16-7-11-21-12-8-16)19(26)18-9-13-22-20(24-18)23-15-17-5-3-2-4-6-17/h2-9,11-13H,10,14-15H2,1H3,(H,22,23,24). The van der Waals surface area contributed by atoms with Gasteiger partial charge >= 0.3 is 0 Å². The Morgan fingerprint density at radius 3 is 2.54 bits per heavy atom. The van der Waals surface area contributed by atoms with Crippen LogP contribution in [0.3, 0.4) is 0 Å². The van der Waals surface area contributed by atoms with Crippen LogP contribution in [0.25, 0.3) is 0 Å². The summed E-state index contributed by atoms with van der Waals surface area (Å²) in [6, 6.07) is 15.5. The van der Waals surface area contributed by atoms with E-state index in [1.54, 1.807) is 36.6 Å². The zero-order chi connectivity index (χ0) is 18.2. The highest BCUT2D eigenvalue weighted by molar-refractivity contribution is 5.92. The lowest BCUT2D eigenvalue weighted by atomic mass is 10.2. The van der Waals surface area contributed by atoms with Crippen molar-refractivity contribution in [2.24, 2.45) is 0 Å². The molecule has 0 aliphatic heterocycles. The van der Waals surface area contributed by atoms with Crippen LogP contribution in [0.1, 0.15) is 21.6 Å². The average Bonchev–Trinajstić information content (AvgIpc) is 2.71. The zero-order valence-electron chi connectivity index (χ0n) is 14.7. The molecule has 0 saturated carbocycles. The molecule has 0 atom stereocenters. The predicted molar refractivity (Wildman–Crippen MR) is 101 cm³/mol. The minimum atomic E-state index is -0.121. The summed E-state index contributed by atoms with van der Waals surface area (Å²) in [6.07, 6.45) is 5.89. The second-order valence-corrected chi connectivity index (χ2v) is 5.94. The Bertz CT molecular complexity index is 839. The number of rotatable bonds is 7. The summed E-state index contributed by atoms with van der Waals surface area (Å²) in [5, 5.41) is 3.15. The summed E-state index contributed by atoms with van der Waals surface area (Å²) in [5.74, 6) is 0.325. The normalized spacial score (nSPS) is 10.3. The number of carbonyl (C=O) groups is 1.